The monoisotopic (exact) mass is 351 g/mol. The summed E-state index contributed by atoms with van der Waals surface area (Å²) in [5, 5.41) is 11.8. The minimum Gasteiger partial charge on any atom is -0.480 e. The molecule has 2 rings (SSSR count). The summed E-state index contributed by atoms with van der Waals surface area (Å²) in [6, 6.07) is 4.30. The fraction of sp³-hybridized carbons (Fsp3) is 0.556. The number of fused-ring (bicyclic) bond motifs is 1. The van der Waals surface area contributed by atoms with E-state index in [2.05, 4.69) is 5.32 Å². The van der Waals surface area contributed by atoms with Crippen LogP contribution in [0, 0.1) is 0 Å². The van der Waals surface area contributed by atoms with E-state index in [9.17, 15) is 14.7 Å². The van der Waals surface area contributed by atoms with Crippen molar-refractivity contribution in [3.63, 3.8) is 0 Å². The second-order valence-corrected chi connectivity index (χ2v) is 7.43. The van der Waals surface area contributed by atoms with Crippen LogP contribution in [0.5, 0.6) is 5.75 Å². The molecule has 1 aliphatic heterocycles. The molecule has 25 heavy (non-hydrogen) atoms. The Morgan fingerprint density at radius 1 is 1.36 bits per heavy atom. The fourth-order valence-electron chi connectivity index (χ4n) is 2.47. The highest BCUT2D eigenvalue weighted by Crippen LogP contribution is 2.33. The molecule has 0 aliphatic carbocycles. The van der Waals surface area contributed by atoms with Gasteiger partial charge in [-0.15, -0.1) is 0 Å². The topological polar surface area (TPSA) is 94.1 Å². The number of carbonyl (C=O) groups is 2. The van der Waals surface area contributed by atoms with Gasteiger partial charge in [-0.3, -0.25) is 0 Å². The molecule has 0 aromatic heterocycles. The highest BCUT2D eigenvalue weighted by Gasteiger charge is 2.30. The lowest BCUT2D eigenvalue weighted by molar-refractivity contribution is -0.180. The van der Waals surface area contributed by atoms with Crippen LogP contribution < -0.4 is 10.1 Å². The Balaban J connectivity index is 2.16. The molecule has 138 valence electrons. The molecule has 1 atom stereocenters. The van der Waals surface area contributed by atoms with Crippen LogP contribution in [0.25, 0.3) is 0 Å². The van der Waals surface area contributed by atoms with Crippen molar-refractivity contribution in [2.24, 2.45) is 0 Å². The van der Waals surface area contributed by atoms with Crippen molar-refractivity contribution in [1.29, 1.82) is 0 Å². The van der Waals surface area contributed by atoms with Gasteiger partial charge in [0.25, 0.3) is 0 Å². The summed E-state index contributed by atoms with van der Waals surface area (Å²) >= 11 is 0. The first-order valence-electron chi connectivity index (χ1n) is 8.13. The minimum atomic E-state index is -1.14. The molecule has 0 spiro atoms. The summed E-state index contributed by atoms with van der Waals surface area (Å²) in [6.07, 6.45) is -0.663. The van der Waals surface area contributed by atoms with E-state index in [0.29, 0.717) is 12.4 Å². The van der Waals surface area contributed by atoms with Crippen LogP contribution in [0.1, 0.15) is 45.7 Å². The van der Waals surface area contributed by atoms with Crippen LogP contribution >= 0.6 is 0 Å². The summed E-state index contributed by atoms with van der Waals surface area (Å²) < 4.78 is 16.5. The van der Waals surface area contributed by atoms with Crippen molar-refractivity contribution in [3.05, 3.63) is 29.3 Å². The molecule has 0 saturated heterocycles. The lowest BCUT2D eigenvalue weighted by atomic mass is 9.99. The number of ether oxygens (including phenoxy) is 3. The maximum atomic E-state index is 11.9. The molecule has 7 nitrogen and oxygen atoms in total. The number of amides is 1. The van der Waals surface area contributed by atoms with Crippen molar-refractivity contribution in [2.75, 3.05) is 0 Å². The van der Waals surface area contributed by atoms with E-state index < -0.39 is 29.5 Å². The van der Waals surface area contributed by atoms with Gasteiger partial charge in [-0.1, -0.05) is 12.1 Å². The van der Waals surface area contributed by atoms with Gasteiger partial charge in [-0.2, -0.15) is 0 Å². The molecule has 1 aliphatic rings. The van der Waals surface area contributed by atoms with Crippen LogP contribution in [0.2, 0.25) is 0 Å². The van der Waals surface area contributed by atoms with Crippen LogP contribution in [0.15, 0.2) is 18.2 Å². The van der Waals surface area contributed by atoms with Gasteiger partial charge in [-0.05, 0) is 32.4 Å². The highest BCUT2D eigenvalue weighted by atomic mass is 16.7. The molecule has 7 heteroatoms. The van der Waals surface area contributed by atoms with Crippen molar-refractivity contribution in [2.45, 2.75) is 65.1 Å². The molecule has 0 radical (unpaired) electrons. The molecule has 0 fully saturated rings. The standard InChI is InChI=1S/C18H25NO6/c1-17(2,3)25-16(22)19-13(15(20)21)9-11-7-6-8-14-12(11)10-23-18(4,5)24-14/h6-8,13H,9-10H2,1-5H3,(H,19,22)(H,20,21)/t13-/m0/s1. The van der Waals surface area contributed by atoms with Crippen LogP contribution in [-0.2, 0) is 27.3 Å². The zero-order valence-corrected chi connectivity index (χ0v) is 15.2. The van der Waals surface area contributed by atoms with Crippen molar-refractivity contribution < 1.29 is 28.9 Å². The number of nitrogens with one attached hydrogen (secondary N) is 1. The number of rotatable bonds is 4. The maximum Gasteiger partial charge on any atom is 0.408 e. The highest BCUT2D eigenvalue weighted by molar-refractivity contribution is 5.80. The number of hydrogen-bond donors (Lipinski definition) is 2. The van der Waals surface area contributed by atoms with Gasteiger partial charge in [0.05, 0.1) is 6.61 Å². The third kappa shape index (κ3) is 5.35. The predicted octanol–water partition coefficient (Wildman–Crippen LogP) is 2.85. The molecular formula is C18H25NO6. The van der Waals surface area contributed by atoms with E-state index in [1.165, 1.54) is 0 Å². The molecule has 1 aromatic carbocycles. The van der Waals surface area contributed by atoms with Gasteiger partial charge in [-0.25, -0.2) is 9.59 Å². The number of hydrogen-bond acceptors (Lipinski definition) is 5. The Kier molecular flexibility index (Phi) is 5.27. The second-order valence-electron chi connectivity index (χ2n) is 7.43. The molecule has 0 bridgehead atoms. The van der Waals surface area contributed by atoms with Gasteiger partial charge >= 0.3 is 12.1 Å². The average molecular weight is 351 g/mol. The minimum absolute atomic E-state index is 0.102. The Labute approximate surface area is 147 Å². The number of carboxylic acid groups (broad SMARTS) is 1. The number of benzene rings is 1. The van der Waals surface area contributed by atoms with E-state index in [1.807, 2.05) is 19.9 Å². The molecule has 1 amide bonds. The Bertz CT molecular complexity index is 662. The SMILES string of the molecule is CC(C)(C)OC(=O)N[C@@H](Cc1cccc2c1COC(C)(C)O2)C(=O)O. The first-order valence-corrected chi connectivity index (χ1v) is 8.13. The summed E-state index contributed by atoms with van der Waals surface area (Å²) in [5.74, 6) is -1.20. The number of aliphatic carboxylic acids is 1. The van der Waals surface area contributed by atoms with Crippen molar-refractivity contribution in [3.8, 4) is 5.75 Å². The number of alkyl carbamates (subject to hydrolysis) is 1. The van der Waals surface area contributed by atoms with E-state index in [1.54, 1.807) is 32.9 Å². The lowest BCUT2D eigenvalue weighted by Crippen LogP contribution is -2.45. The van der Waals surface area contributed by atoms with E-state index in [-0.39, 0.29) is 6.42 Å². The van der Waals surface area contributed by atoms with Crippen LogP contribution in [0.4, 0.5) is 4.79 Å². The van der Waals surface area contributed by atoms with Gasteiger partial charge in [0.15, 0.2) is 0 Å². The summed E-state index contributed by atoms with van der Waals surface area (Å²) in [6.45, 7) is 9.09. The maximum absolute atomic E-state index is 11.9. The van der Waals surface area contributed by atoms with E-state index in [4.69, 9.17) is 14.2 Å². The Morgan fingerprint density at radius 3 is 2.64 bits per heavy atom. The lowest BCUT2D eigenvalue weighted by Gasteiger charge is -2.33. The third-order valence-electron chi connectivity index (χ3n) is 3.56. The predicted molar refractivity (Wildman–Crippen MR) is 90.4 cm³/mol. The fourth-order valence-corrected chi connectivity index (χ4v) is 2.47. The van der Waals surface area contributed by atoms with Gasteiger partial charge in [0.2, 0.25) is 5.79 Å². The quantitative estimate of drug-likeness (QED) is 0.866. The Hall–Kier alpha value is -2.28. The first-order chi connectivity index (χ1) is 11.5. The van der Waals surface area contributed by atoms with Gasteiger partial charge in [0, 0.05) is 25.8 Å². The van der Waals surface area contributed by atoms with E-state index >= 15 is 0 Å². The van der Waals surface area contributed by atoms with Gasteiger partial charge < -0.3 is 24.6 Å². The number of carboxylic acids is 1. The molecule has 1 heterocycles. The normalized spacial score (nSPS) is 17.0. The number of carbonyl (C=O) groups excluding carboxylic acids is 1. The zero-order chi connectivity index (χ0) is 18.8. The largest absolute Gasteiger partial charge is 0.480 e. The van der Waals surface area contributed by atoms with E-state index in [0.717, 1.165) is 11.1 Å². The van der Waals surface area contributed by atoms with Gasteiger partial charge in [0.1, 0.15) is 17.4 Å². The summed E-state index contributed by atoms with van der Waals surface area (Å²) in [7, 11) is 0. The van der Waals surface area contributed by atoms with Crippen molar-refractivity contribution >= 4 is 12.1 Å². The zero-order valence-electron chi connectivity index (χ0n) is 15.2. The van der Waals surface area contributed by atoms with Crippen molar-refractivity contribution in [1.82, 2.24) is 5.32 Å². The molecule has 1 aromatic rings. The summed E-state index contributed by atoms with van der Waals surface area (Å²) in [5.41, 5.74) is 0.835. The third-order valence-corrected chi connectivity index (χ3v) is 3.56. The molecule has 2 N–H and O–H groups in total. The average Bonchev–Trinajstić information content (AvgIpc) is 2.43. The smallest absolute Gasteiger partial charge is 0.408 e. The molecular weight excluding hydrogens is 326 g/mol. The second kappa shape index (κ2) is 6.92. The first kappa shape index (κ1) is 19.1. The van der Waals surface area contributed by atoms with Crippen LogP contribution in [-0.4, -0.2) is 34.6 Å². The molecule has 0 saturated carbocycles. The Morgan fingerprint density at radius 2 is 2.04 bits per heavy atom. The summed E-state index contributed by atoms with van der Waals surface area (Å²) in [4.78, 5) is 23.4. The van der Waals surface area contributed by atoms with Crippen LogP contribution in [0.3, 0.4) is 0 Å². The molecule has 0 unspecified atom stereocenters.